The van der Waals surface area contributed by atoms with Crippen molar-refractivity contribution in [2.24, 2.45) is 0 Å². The highest BCUT2D eigenvalue weighted by atomic mass is 19.1. The maximum Gasteiger partial charge on any atom is 0.227 e. The van der Waals surface area contributed by atoms with Gasteiger partial charge in [-0.1, -0.05) is 43.3 Å². The molecule has 0 saturated heterocycles. The van der Waals surface area contributed by atoms with E-state index in [1.165, 1.54) is 16.5 Å². The number of amides is 1. The summed E-state index contributed by atoms with van der Waals surface area (Å²) >= 11 is 0. The average Bonchev–Trinajstić information content (AvgIpc) is 3.20. The van der Waals surface area contributed by atoms with Crippen LogP contribution in [0.2, 0.25) is 0 Å². The first-order valence-electron chi connectivity index (χ1n) is 10.1. The standard InChI is InChI=1S/C23H23F2N3O2/c1-14(2)15-5-7-16(8-6-15)23-26-21(30-27-23)9-10-22(29)28-11-3-4-18-19(25)12-17(24)13-20(18)28/h5-8,12-14H,3-4,9-11H2,1-2H3. The molecule has 0 aliphatic carbocycles. The van der Waals surface area contributed by atoms with Crippen molar-refractivity contribution in [3.63, 3.8) is 0 Å². The minimum atomic E-state index is -0.684. The maximum atomic E-state index is 14.0. The van der Waals surface area contributed by atoms with E-state index in [0.29, 0.717) is 48.3 Å². The fraction of sp³-hybridized carbons (Fsp3) is 0.348. The Bertz CT molecular complexity index is 1060. The Morgan fingerprint density at radius 1 is 1.20 bits per heavy atom. The van der Waals surface area contributed by atoms with Crippen LogP contribution in [0.25, 0.3) is 11.4 Å². The molecule has 1 aromatic heterocycles. The number of fused-ring (bicyclic) bond motifs is 1. The van der Waals surface area contributed by atoms with E-state index < -0.39 is 11.6 Å². The monoisotopic (exact) mass is 411 g/mol. The lowest BCUT2D eigenvalue weighted by molar-refractivity contribution is -0.118. The van der Waals surface area contributed by atoms with Crippen LogP contribution in [0.5, 0.6) is 0 Å². The lowest BCUT2D eigenvalue weighted by Gasteiger charge is -2.29. The second kappa shape index (κ2) is 8.34. The Kier molecular flexibility index (Phi) is 5.61. The second-order valence-corrected chi connectivity index (χ2v) is 7.82. The van der Waals surface area contributed by atoms with Crippen molar-refractivity contribution < 1.29 is 18.1 Å². The summed E-state index contributed by atoms with van der Waals surface area (Å²) in [5, 5.41) is 4.00. The average molecular weight is 411 g/mol. The van der Waals surface area contributed by atoms with Gasteiger partial charge in [-0.15, -0.1) is 0 Å². The molecular weight excluding hydrogens is 388 g/mol. The summed E-state index contributed by atoms with van der Waals surface area (Å²) in [5.41, 5.74) is 2.78. The first kappa shape index (κ1) is 20.2. The molecule has 30 heavy (non-hydrogen) atoms. The van der Waals surface area contributed by atoms with Gasteiger partial charge in [0.2, 0.25) is 17.6 Å². The van der Waals surface area contributed by atoms with Crippen LogP contribution in [0, 0.1) is 11.6 Å². The molecule has 0 N–H and O–H groups in total. The van der Waals surface area contributed by atoms with Crippen LogP contribution in [0.15, 0.2) is 40.9 Å². The number of benzene rings is 2. The minimum Gasteiger partial charge on any atom is -0.339 e. The van der Waals surface area contributed by atoms with E-state index >= 15 is 0 Å². The molecule has 5 nitrogen and oxygen atoms in total. The molecule has 1 amide bonds. The number of halogens is 2. The maximum absolute atomic E-state index is 14.0. The summed E-state index contributed by atoms with van der Waals surface area (Å²) in [4.78, 5) is 18.6. The molecule has 2 aromatic carbocycles. The van der Waals surface area contributed by atoms with Crippen molar-refractivity contribution in [2.45, 2.75) is 45.4 Å². The van der Waals surface area contributed by atoms with Crippen LogP contribution in [-0.4, -0.2) is 22.6 Å². The third kappa shape index (κ3) is 4.10. The lowest BCUT2D eigenvalue weighted by Crippen LogP contribution is -2.36. The van der Waals surface area contributed by atoms with Gasteiger partial charge in [-0.25, -0.2) is 8.78 Å². The Morgan fingerprint density at radius 2 is 1.97 bits per heavy atom. The van der Waals surface area contributed by atoms with E-state index in [2.05, 4.69) is 24.0 Å². The molecule has 0 bridgehead atoms. The van der Waals surface area contributed by atoms with E-state index in [0.717, 1.165) is 11.6 Å². The van der Waals surface area contributed by atoms with E-state index in [1.807, 2.05) is 24.3 Å². The Labute approximate surface area is 173 Å². The summed E-state index contributed by atoms with van der Waals surface area (Å²) in [6, 6.07) is 10.0. The first-order chi connectivity index (χ1) is 14.4. The highest BCUT2D eigenvalue weighted by molar-refractivity contribution is 5.94. The molecule has 7 heteroatoms. The Balaban J connectivity index is 1.43. The summed E-state index contributed by atoms with van der Waals surface area (Å²) in [6.07, 6.45) is 1.51. The van der Waals surface area contributed by atoms with E-state index in [9.17, 15) is 13.6 Å². The topological polar surface area (TPSA) is 59.2 Å². The van der Waals surface area contributed by atoms with Gasteiger partial charge in [0.05, 0.1) is 5.69 Å². The SMILES string of the molecule is CC(C)c1ccc(-c2noc(CCC(=O)N3CCCc4c(F)cc(F)cc43)n2)cc1. The van der Waals surface area contributed by atoms with Gasteiger partial charge in [-0.2, -0.15) is 4.98 Å². The fourth-order valence-corrected chi connectivity index (χ4v) is 3.71. The minimum absolute atomic E-state index is 0.117. The molecular formula is C23H23F2N3O2. The number of hydrogen-bond donors (Lipinski definition) is 0. The highest BCUT2D eigenvalue weighted by Crippen LogP contribution is 2.31. The van der Waals surface area contributed by atoms with Crippen LogP contribution in [0.1, 0.15) is 49.6 Å². The Hall–Kier alpha value is -3.09. The predicted molar refractivity (Wildman–Crippen MR) is 109 cm³/mol. The van der Waals surface area contributed by atoms with Crippen LogP contribution in [0.4, 0.5) is 14.5 Å². The van der Waals surface area contributed by atoms with Crippen molar-refractivity contribution in [3.8, 4) is 11.4 Å². The van der Waals surface area contributed by atoms with Gasteiger partial charge in [-0.05, 0) is 30.4 Å². The van der Waals surface area contributed by atoms with Gasteiger partial charge in [0.15, 0.2) is 0 Å². The van der Waals surface area contributed by atoms with Crippen molar-refractivity contribution in [3.05, 3.63) is 65.1 Å². The number of aromatic nitrogens is 2. The first-order valence-corrected chi connectivity index (χ1v) is 10.1. The van der Waals surface area contributed by atoms with Crippen LogP contribution in [0.3, 0.4) is 0 Å². The van der Waals surface area contributed by atoms with E-state index in [-0.39, 0.29) is 18.7 Å². The van der Waals surface area contributed by atoms with Gasteiger partial charge in [0.1, 0.15) is 11.6 Å². The molecule has 0 atom stereocenters. The quantitative estimate of drug-likeness (QED) is 0.590. The van der Waals surface area contributed by atoms with Gasteiger partial charge in [0.25, 0.3) is 0 Å². The summed E-state index contributed by atoms with van der Waals surface area (Å²) in [6.45, 7) is 4.69. The smallest absolute Gasteiger partial charge is 0.227 e. The number of aryl methyl sites for hydroxylation is 1. The van der Waals surface area contributed by atoms with Crippen molar-refractivity contribution in [2.75, 3.05) is 11.4 Å². The largest absolute Gasteiger partial charge is 0.339 e. The molecule has 1 aliphatic heterocycles. The zero-order valence-corrected chi connectivity index (χ0v) is 17.0. The van der Waals surface area contributed by atoms with Crippen LogP contribution < -0.4 is 4.90 Å². The number of carbonyl (C=O) groups excluding carboxylic acids is 1. The molecule has 3 aromatic rings. The van der Waals surface area contributed by atoms with Crippen LogP contribution in [-0.2, 0) is 17.6 Å². The molecule has 0 unspecified atom stereocenters. The molecule has 1 aliphatic rings. The summed E-state index contributed by atoms with van der Waals surface area (Å²) < 4.78 is 33.0. The van der Waals surface area contributed by atoms with Crippen molar-refractivity contribution >= 4 is 11.6 Å². The van der Waals surface area contributed by atoms with E-state index in [1.54, 1.807) is 0 Å². The fourth-order valence-electron chi connectivity index (χ4n) is 3.71. The van der Waals surface area contributed by atoms with Gasteiger partial charge < -0.3 is 9.42 Å². The molecule has 2 heterocycles. The number of anilines is 1. The molecule has 4 rings (SSSR count). The lowest BCUT2D eigenvalue weighted by atomic mass is 10.0. The summed E-state index contributed by atoms with van der Waals surface area (Å²) in [7, 11) is 0. The zero-order valence-electron chi connectivity index (χ0n) is 17.0. The van der Waals surface area contributed by atoms with Crippen molar-refractivity contribution in [1.29, 1.82) is 0 Å². The van der Waals surface area contributed by atoms with Crippen LogP contribution >= 0.6 is 0 Å². The third-order valence-electron chi connectivity index (χ3n) is 5.39. The molecule has 0 radical (unpaired) electrons. The second-order valence-electron chi connectivity index (χ2n) is 7.82. The number of hydrogen-bond acceptors (Lipinski definition) is 4. The molecule has 156 valence electrons. The number of rotatable bonds is 5. The zero-order chi connectivity index (χ0) is 21.3. The van der Waals surface area contributed by atoms with Crippen molar-refractivity contribution in [1.82, 2.24) is 10.1 Å². The predicted octanol–water partition coefficient (Wildman–Crippen LogP) is 5.05. The normalized spacial score (nSPS) is 13.6. The third-order valence-corrected chi connectivity index (χ3v) is 5.39. The summed E-state index contributed by atoms with van der Waals surface area (Å²) in [5.74, 6) is -0.243. The van der Waals surface area contributed by atoms with Gasteiger partial charge >= 0.3 is 0 Å². The van der Waals surface area contributed by atoms with Gasteiger partial charge in [-0.3, -0.25) is 4.79 Å². The number of nitrogens with zero attached hydrogens (tertiary/aromatic N) is 3. The molecule has 0 fully saturated rings. The number of carbonyl (C=O) groups is 1. The van der Waals surface area contributed by atoms with Gasteiger partial charge in [0, 0.05) is 36.6 Å². The molecule has 0 spiro atoms. The molecule has 0 saturated carbocycles. The highest BCUT2D eigenvalue weighted by Gasteiger charge is 2.26. The van der Waals surface area contributed by atoms with E-state index in [4.69, 9.17) is 4.52 Å². The Morgan fingerprint density at radius 3 is 2.70 bits per heavy atom.